The Hall–Kier alpha value is -2.40. The molecule has 8 heteroatoms. The van der Waals surface area contributed by atoms with Crippen molar-refractivity contribution in [1.82, 2.24) is 15.3 Å². The molecular weight excluding hydrogens is 240 g/mol. The summed E-state index contributed by atoms with van der Waals surface area (Å²) >= 11 is 1.26. The first-order valence-electron chi connectivity index (χ1n) is 4.54. The summed E-state index contributed by atoms with van der Waals surface area (Å²) in [6, 6.07) is 3.50. The topological polar surface area (TPSA) is 109 Å². The molecule has 0 saturated carbocycles. The molecule has 0 saturated heterocycles. The molecule has 7 nitrogen and oxygen atoms in total. The fraction of sp³-hybridized carbons (Fsp3) is 0.111. The van der Waals surface area contributed by atoms with Gasteiger partial charge in [-0.2, -0.15) is 10.3 Å². The zero-order valence-corrected chi connectivity index (χ0v) is 9.65. The average Bonchev–Trinajstić information content (AvgIpc) is 2.69. The predicted octanol–water partition coefficient (Wildman–Crippen LogP) is 0.717. The largest absolute Gasteiger partial charge is 0.481 e. The Kier molecular flexibility index (Phi) is 3.02. The minimum atomic E-state index is -0.00137. The molecule has 0 amide bonds. The first-order valence-corrected chi connectivity index (χ1v) is 5.35. The van der Waals surface area contributed by atoms with Gasteiger partial charge in [-0.25, -0.2) is 9.97 Å². The number of nitrogens with zero attached hydrogens (tertiary/aromatic N) is 4. The van der Waals surface area contributed by atoms with Crippen LogP contribution in [0.3, 0.4) is 0 Å². The van der Waals surface area contributed by atoms with E-state index < -0.39 is 0 Å². The molecule has 17 heavy (non-hydrogen) atoms. The maximum Gasteiger partial charge on any atom is 0.215 e. The quantitative estimate of drug-likeness (QED) is 0.350. The highest BCUT2D eigenvalue weighted by molar-refractivity contribution is 7.21. The maximum atomic E-state index is 8.35. The number of aliphatic imine (C=N–C) groups is 1. The van der Waals surface area contributed by atoms with E-state index in [9.17, 15) is 0 Å². The highest BCUT2D eigenvalue weighted by Crippen LogP contribution is 2.27. The third-order valence-corrected chi connectivity index (χ3v) is 2.69. The summed E-state index contributed by atoms with van der Waals surface area (Å²) in [5.41, 5.74) is 6.14. The number of aromatic nitrogens is 2. The first-order chi connectivity index (χ1) is 8.22. The van der Waals surface area contributed by atoms with Crippen LogP contribution in [0, 0.1) is 11.5 Å². The molecule has 0 atom stereocenters. The maximum absolute atomic E-state index is 8.35. The van der Waals surface area contributed by atoms with E-state index >= 15 is 0 Å². The Morgan fingerprint density at radius 1 is 1.59 bits per heavy atom. The van der Waals surface area contributed by atoms with E-state index in [0.717, 1.165) is 0 Å². The summed E-state index contributed by atoms with van der Waals surface area (Å²) in [5.74, 6) is 0.512. The lowest BCUT2D eigenvalue weighted by Gasteiger charge is -1.94. The molecule has 86 valence electrons. The molecule has 0 unspecified atom stereocenters. The standard InChI is InChI=1S/C9H8N6OS/c1-16-6-3-2-5-7(14-6)17-9(13-5)15-8(11)12-4-10/h2-3H,1H3,(H3,11,12,13,15). The van der Waals surface area contributed by atoms with Gasteiger partial charge < -0.3 is 10.5 Å². The van der Waals surface area contributed by atoms with Gasteiger partial charge in [0.15, 0.2) is 6.19 Å². The number of nitrogens with two attached hydrogens (primary N) is 1. The van der Waals surface area contributed by atoms with Crippen LogP contribution in [-0.4, -0.2) is 23.0 Å². The van der Waals surface area contributed by atoms with E-state index in [1.165, 1.54) is 11.3 Å². The van der Waals surface area contributed by atoms with Crippen molar-refractivity contribution >= 4 is 32.8 Å². The zero-order chi connectivity index (χ0) is 12.3. The Bertz CT molecular complexity index is 613. The van der Waals surface area contributed by atoms with Gasteiger partial charge in [0, 0.05) is 6.07 Å². The van der Waals surface area contributed by atoms with Crippen LogP contribution in [0.4, 0.5) is 5.13 Å². The third kappa shape index (κ3) is 2.40. The van der Waals surface area contributed by atoms with Gasteiger partial charge >= 0.3 is 0 Å². The average molecular weight is 248 g/mol. The third-order valence-electron chi connectivity index (χ3n) is 1.83. The minimum absolute atomic E-state index is 0.00137. The van der Waals surface area contributed by atoms with Gasteiger partial charge in [-0.15, -0.1) is 0 Å². The molecule has 2 heterocycles. The van der Waals surface area contributed by atoms with Gasteiger partial charge in [-0.05, 0) is 6.07 Å². The Morgan fingerprint density at radius 2 is 2.41 bits per heavy atom. The summed E-state index contributed by atoms with van der Waals surface area (Å²) in [4.78, 5) is 13.0. The van der Waals surface area contributed by atoms with Gasteiger partial charge in [0.25, 0.3) is 0 Å². The lowest BCUT2D eigenvalue weighted by atomic mass is 10.4. The number of fused-ring (bicyclic) bond motifs is 1. The molecule has 2 aromatic heterocycles. The molecule has 3 N–H and O–H groups in total. The van der Waals surface area contributed by atoms with E-state index in [1.54, 1.807) is 25.4 Å². The fourth-order valence-corrected chi connectivity index (χ4v) is 1.95. The Balaban J connectivity index is 2.38. The minimum Gasteiger partial charge on any atom is -0.481 e. The van der Waals surface area contributed by atoms with Gasteiger partial charge in [0.05, 0.1) is 7.11 Å². The molecule has 0 aliphatic rings. The van der Waals surface area contributed by atoms with Crippen molar-refractivity contribution in [1.29, 1.82) is 5.26 Å². The van der Waals surface area contributed by atoms with Crippen molar-refractivity contribution in [3.63, 3.8) is 0 Å². The number of hydrogen-bond donors (Lipinski definition) is 2. The number of thiazole rings is 1. The number of guanidine groups is 1. The number of methoxy groups -OCH3 is 1. The predicted molar refractivity (Wildman–Crippen MR) is 64.0 cm³/mol. The highest BCUT2D eigenvalue weighted by atomic mass is 32.1. The molecule has 0 spiro atoms. The molecule has 0 aromatic carbocycles. The van der Waals surface area contributed by atoms with Crippen LogP contribution >= 0.6 is 11.3 Å². The number of nitriles is 1. The van der Waals surface area contributed by atoms with Crippen LogP contribution in [0.1, 0.15) is 0 Å². The van der Waals surface area contributed by atoms with E-state index in [0.29, 0.717) is 21.4 Å². The number of rotatable bonds is 2. The van der Waals surface area contributed by atoms with E-state index in [2.05, 4.69) is 20.3 Å². The van der Waals surface area contributed by atoms with Crippen LogP contribution < -0.4 is 15.8 Å². The van der Waals surface area contributed by atoms with Crippen molar-refractivity contribution in [2.24, 2.45) is 10.7 Å². The Labute approximate surface area is 101 Å². The molecule has 0 radical (unpaired) electrons. The molecule has 0 bridgehead atoms. The van der Waals surface area contributed by atoms with E-state index in [1.807, 2.05) is 0 Å². The normalized spacial score (nSPS) is 11.2. The van der Waals surface area contributed by atoms with Crippen LogP contribution in [0.5, 0.6) is 5.88 Å². The van der Waals surface area contributed by atoms with Crippen LogP contribution in [0.2, 0.25) is 0 Å². The summed E-state index contributed by atoms with van der Waals surface area (Å²) in [6.45, 7) is 0. The van der Waals surface area contributed by atoms with Crippen molar-refractivity contribution in [3.8, 4) is 12.1 Å². The van der Waals surface area contributed by atoms with Crippen molar-refractivity contribution < 1.29 is 4.74 Å². The second-order valence-corrected chi connectivity index (χ2v) is 3.86. The SMILES string of the molecule is COc1ccc2nc(/N=C(/N)NC#N)sc2n1. The summed E-state index contributed by atoms with van der Waals surface area (Å²) in [7, 11) is 1.54. The zero-order valence-electron chi connectivity index (χ0n) is 8.84. The lowest BCUT2D eigenvalue weighted by molar-refractivity contribution is 0.400. The second-order valence-electron chi connectivity index (χ2n) is 2.91. The molecule has 2 rings (SSSR count). The molecule has 0 aliphatic heterocycles. The first kappa shape index (κ1) is 11.1. The molecule has 2 aromatic rings. The fourth-order valence-electron chi connectivity index (χ4n) is 1.14. The number of nitrogens with one attached hydrogen (secondary N) is 1. The van der Waals surface area contributed by atoms with Gasteiger partial charge in [0.2, 0.25) is 17.0 Å². The molecule has 0 fully saturated rings. The number of ether oxygens (including phenoxy) is 1. The van der Waals surface area contributed by atoms with Crippen LogP contribution in [0.15, 0.2) is 17.1 Å². The van der Waals surface area contributed by atoms with Crippen LogP contribution in [0.25, 0.3) is 10.3 Å². The summed E-state index contributed by atoms with van der Waals surface area (Å²) in [5, 5.41) is 11.0. The molecular formula is C9H8N6OS. The highest BCUT2D eigenvalue weighted by Gasteiger charge is 2.06. The monoisotopic (exact) mass is 248 g/mol. The van der Waals surface area contributed by atoms with Crippen LogP contribution in [-0.2, 0) is 0 Å². The number of hydrogen-bond acceptors (Lipinski definition) is 6. The second kappa shape index (κ2) is 4.63. The Morgan fingerprint density at radius 3 is 3.12 bits per heavy atom. The van der Waals surface area contributed by atoms with Crippen molar-refractivity contribution in [2.45, 2.75) is 0 Å². The van der Waals surface area contributed by atoms with Crippen molar-refractivity contribution in [3.05, 3.63) is 12.1 Å². The lowest BCUT2D eigenvalue weighted by Crippen LogP contribution is -2.26. The van der Waals surface area contributed by atoms with Gasteiger partial charge in [-0.1, -0.05) is 11.3 Å². The summed E-state index contributed by atoms with van der Waals surface area (Å²) < 4.78 is 5.00. The summed E-state index contributed by atoms with van der Waals surface area (Å²) in [6.07, 6.45) is 1.68. The van der Waals surface area contributed by atoms with E-state index in [-0.39, 0.29) is 5.96 Å². The molecule has 0 aliphatic carbocycles. The smallest absolute Gasteiger partial charge is 0.215 e. The van der Waals surface area contributed by atoms with Crippen molar-refractivity contribution in [2.75, 3.05) is 7.11 Å². The van der Waals surface area contributed by atoms with Gasteiger partial charge in [0.1, 0.15) is 10.3 Å². The van der Waals surface area contributed by atoms with E-state index in [4.69, 9.17) is 15.7 Å². The van der Waals surface area contributed by atoms with Gasteiger partial charge in [-0.3, -0.25) is 5.32 Å². The number of pyridine rings is 1.